The fourth-order valence-electron chi connectivity index (χ4n) is 2.15. The topological polar surface area (TPSA) is 67.6 Å². The summed E-state index contributed by atoms with van der Waals surface area (Å²) in [5, 5.41) is 7.87. The van der Waals surface area contributed by atoms with Crippen LogP contribution in [0.2, 0.25) is 10.0 Å². The fraction of sp³-hybridized carbons (Fsp3) is 0.0667. The van der Waals surface area contributed by atoms with Crippen LogP contribution in [0.25, 0.3) is 11.1 Å². The molecule has 0 aliphatic carbocycles. The molecule has 21 heavy (non-hydrogen) atoms. The van der Waals surface area contributed by atoms with E-state index >= 15 is 0 Å². The van der Waals surface area contributed by atoms with Crippen molar-refractivity contribution in [2.24, 2.45) is 0 Å². The zero-order chi connectivity index (χ0) is 14.8. The number of benzene rings is 2. The number of aromatic nitrogens is 3. The minimum absolute atomic E-state index is 0.254. The molecule has 4 nitrogen and oxygen atoms in total. The monoisotopic (exact) mass is 318 g/mol. The van der Waals surface area contributed by atoms with E-state index < -0.39 is 0 Å². The minimum atomic E-state index is 0.254. The molecule has 6 heteroatoms. The van der Waals surface area contributed by atoms with E-state index in [1.807, 2.05) is 42.5 Å². The highest BCUT2D eigenvalue weighted by Gasteiger charge is 2.08. The molecule has 0 spiro atoms. The lowest BCUT2D eigenvalue weighted by atomic mass is 10.0. The molecular weight excluding hydrogens is 307 g/mol. The average Bonchev–Trinajstić information content (AvgIpc) is 2.86. The Labute approximate surface area is 131 Å². The molecule has 0 unspecified atom stereocenters. The largest absolute Gasteiger partial charge is 0.367 e. The molecular formula is C15H12Cl2N4. The number of rotatable bonds is 3. The molecule has 0 fully saturated rings. The highest BCUT2D eigenvalue weighted by molar-refractivity contribution is 6.39. The number of halogens is 2. The van der Waals surface area contributed by atoms with Gasteiger partial charge in [-0.05, 0) is 23.3 Å². The third kappa shape index (κ3) is 3.01. The molecule has 2 aromatic carbocycles. The predicted molar refractivity (Wildman–Crippen MR) is 85.5 cm³/mol. The van der Waals surface area contributed by atoms with Crippen molar-refractivity contribution in [2.75, 3.05) is 5.73 Å². The molecule has 0 amide bonds. The summed E-state index contributed by atoms with van der Waals surface area (Å²) in [5.74, 6) is 0.987. The second-order valence-corrected chi connectivity index (χ2v) is 5.43. The number of nitrogens with one attached hydrogen (secondary N) is 1. The molecule has 0 radical (unpaired) electrons. The quantitative estimate of drug-likeness (QED) is 0.768. The molecule has 0 aliphatic heterocycles. The number of hydrogen-bond acceptors (Lipinski definition) is 3. The predicted octanol–water partition coefficient (Wildman–Crippen LogP) is 3.95. The summed E-state index contributed by atoms with van der Waals surface area (Å²) in [6.07, 6.45) is 0.640. The van der Waals surface area contributed by atoms with Crippen molar-refractivity contribution in [1.29, 1.82) is 0 Å². The van der Waals surface area contributed by atoms with Crippen LogP contribution in [0.5, 0.6) is 0 Å². The zero-order valence-corrected chi connectivity index (χ0v) is 12.5. The summed E-state index contributed by atoms with van der Waals surface area (Å²) >= 11 is 12.4. The number of nitrogen functional groups attached to an aromatic ring is 1. The van der Waals surface area contributed by atoms with Crippen molar-refractivity contribution in [3.63, 3.8) is 0 Å². The van der Waals surface area contributed by atoms with E-state index in [1.165, 1.54) is 0 Å². The van der Waals surface area contributed by atoms with Crippen molar-refractivity contribution in [3.8, 4) is 11.1 Å². The van der Waals surface area contributed by atoms with Crippen LogP contribution in [0.3, 0.4) is 0 Å². The summed E-state index contributed by atoms with van der Waals surface area (Å²) in [6.45, 7) is 0. The smallest absolute Gasteiger partial charge is 0.239 e. The van der Waals surface area contributed by atoms with E-state index in [1.54, 1.807) is 0 Å². The van der Waals surface area contributed by atoms with Crippen LogP contribution < -0.4 is 5.73 Å². The molecule has 3 N–H and O–H groups in total. The Morgan fingerprint density at radius 1 is 1.00 bits per heavy atom. The van der Waals surface area contributed by atoms with Gasteiger partial charge in [-0.3, -0.25) is 5.10 Å². The third-order valence-electron chi connectivity index (χ3n) is 3.13. The maximum atomic E-state index is 6.21. The SMILES string of the molecule is Nc1n[nH]c(Cc2ccc(-c3c(Cl)cccc3Cl)cc2)n1. The number of nitrogens with zero attached hydrogens (tertiary/aromatic N) is 2. The van der Waals surface area contributed by atoms with Gasteiger partial charge in [0.15, 0.2) is 0 Å². The highest BCUT2D eigenvalue weighted by atomic mass is 35.5. The van der Waals surface area contributed by atoms with Crippen LogP contribution in [0, 0.1) is 0 Å². The maximum Gasteiger partial charge on any atom is 0.239 e. The lowest BCUT2D eigenvalue weighted by molar-refractivity contribution is 0.973. The normalized spacial score (nSPS) is 10.8. The lowest BCUT2D eigenvalue weighted by Gasteiger charge is -2.08. The summed E-state index contributed by atoms with van der Waals surface area (Å²) < 4.78 is 0. The first kappa shape index (κ1) is 13.9. The van der Waals surface area contributed by atoms with Gasteiger partial charge in [0, 0.05) is 22.0 Å². The second-order valence-electron chi connectivity index (χ2n) is 4.61. The standard InChI is InChI=1S/C15H12Cl2N4/c16-11-2-1-3-12(17)14(11)10-6-4-9(5-7-10)8-13-19-15(18)21-20-13/h1-7H,8H2,(H3,18,19,20,21). The van der Waals surface area contributed by atoms with E-state index in [9.17, 15) is 0 Å². The van der Waals surface area contributed by atoms with E-state index in [2.05, 4.69) is 15.2 Å². The molecule has 0 saturated carbocycles. The van der Waals surface area contributed by atoms with Gasteiger partial charge in [0.25, 0.3) is 0 Å². The third-order valence-corrected chi connectivity index (χ3v) is 3.76. The summed E-state index contributed by atoms with van der Waals surface area (Å²) in [5.41, 5.74) is 8.40. The number of aromatic amines is 1. The lowest BCUT2D eigenvalue weighted by Crippen LogP contribution is -1.92. The average molecular weight is 319 g/mol. The van der Waals surface area contributed by atoms with Crippen LogP contribution >= 0.6 is 23.2 Å². The molecule has 1 aromatic heterocycles. The van der Waals surface area contributed by atoms with Crippen molar-refractivity contribution >= 4 is 29.2 Å². The first-order chi connectivity index (χ1) is 10.1. The Hall–Kier alpha value is -2.04. The number of nitrogens with two attached hydrogens (primary N) is 1. The molecule has 3 rings (SSSR count). The first-order valence-electron chi connectivity index (χ1n) is 6.33. The van der Waals surface area contributed by atoms with Crippen LogP contribution in [0.1, 0.15) is 11.4 Å². The first-order valence-corrected chi connectivity index (χ1v) is 7.09. The maximum absolute atomic E-state index is 6.21. The molecule has 1 heterocycles. The van der Waals surface area contributed by atoms with Gasteiger partial charge in [-0.1, -0.05) is 53.5 Å². The molecule has 3 aromatic rings. The summed E-state index contributed by atoms with van der Waals surface area (Å²) in [4.78, 5) is 4.08. The number of anilines is 1. The summed E-state index contributed by atoms with van der Waals surface area (Å²) in [6, 6.07) is 13.5. The fourth-order valence-corrected chi connectivity index (χ4v) is 2.76. The zero-order valence-electron chi connectivity index (χ0n) is 11.0. The van der Waals surface area contributed by atoms with Crippen LogP contribution in [0.15, 0.2) is 42.5 Å². The van der Waals surface area contributed by atoms with E-state index in [0.717, 1.165) is 22.5 Å². The van der Waals surface area contributed by atoms with Crippen molar-refractivity contribution < 1.29 is 0 Å². The van der Waals surface area contributed by atoms with E-state index in [0.29, 0.717) is 16.5 Å². The van der Waals surface area contributed by atoms with Gasteiger partial charge in [-0.2, -0.15) is 4.98 Å². The minimum Gasteiger partial charge on any atom is -0.367 e. The molecule has 0 aliphatic rings. The number of hydrogen-bond donors (Lipinski definition) is 2. The Morgan fingerprint density at radius 3 is 2.24 bits per heavy atom. The Morgan fingerprint density at radius 2 is 1.67 bits per heavy atom. The van der Waals surface area contributed by atoms with Crippen LogP contribution in [-0.4, -0.2) is 15.2 Å². The van der Waals surface area contributed by atoms with Gasteiger partial charge in [-0.25, -0.2) is 0 Å². The molecule has 0 atom stereocenters. The summed E-state index contributed by atoms with van der Waals surface area (Å²) in [7, 11) is 0. The van der Waals surface area contributed by atoms with Gasteiger partial charge >= 0.3 is 0 Å². The van der Waals surface area contributed by atoms with Gasteiger partial charge < -0.3 is 5.73 Å². The Balaban J connectivity index is 1.87. The molecule has 0 saturated heterocycles. The van der Waals surface area contributed by atoms with Crippen molar-refractivity contribution in [2.45, 2.75) is 6.42 Å². The van der Waals surface area contributed by atoms with Gasteiger partial charge in [0.1, 0.15) is 5.82 Å². The second kappa shape index (κ2) is 5.76. The molecule has 106 valence electrons. The van der Waals surface area contributed by atoms with Gasteiger partial charge in [0.05, 0.1) is 0 Å². The Kier molecular flexibility index (Phi) is 3.82. The van der Waals surface area contributed by atoms with Crippen LogP contribution in [-0.2, 0) is 6.42 Å². The van der Waals surface area contributed by atoms with Crippen LogP contribution in [0.4, 0.5) is 5.95 Å². The van der Waals surface area contributed by atoms with Crippen molar-refractivity contribution in [3.05, 3.63) is 63.9 Å². The Bertz CT molecular complexity index is 745. The van der Waals surface area contributed by atoms with E-state index in [4.69, 9.17) is 28.9 Å². The number of H-pyrrole nitrogens is 1. The van der Waals surface area contributed by atoms with Crippen molar-refractivity contribution in [1.82, 2.24) is 15.2 Å². The highest BCUT2D eigenvalue weighted by Crippen LogP contribution is 2.34. The van der Waals surface area contributed by atoms with Gasteiger partial charge in [0.2, 0.25) is 5.95 Å². The van der Waals surface area contributed by atoms with Gasteiger partial charge in [-0.15, -0.1) is 5.10 Å². The van der Waals surface area contributed by atoms with E-state index in [-0.39, 0.29) is 5.95 Å². The molecule has 0 bridgehead atoms.